The molecule has 0 aromatic carbocycles. The van der Waals surface area contributed by atoms with Gasteiger partial charge in [0.05, 0.1) is 55.8 Å². The average molecular weight is 521 g/mol. The number of ether oxygens (including phenoxy) is 4. The second kappa shape index (κ2) is 9.66. The first-order valence-corrected chi connectivity index (χ1v) is 13.7. The highest BCUT2D eigenvalue weighted by atomic mass is 32.2. The summed E-state index contributed by atoms with van der Waals surface area (Å²) in [7, 11) is -3.47. The summed E-state index contributed by atoms with van der Waals surface area (Å²) in [4.78, 5) is 27.1. The van der Waals surface area contributed by atoms with E-state index in [1.807, 2.05) is 0 Å². The standard InChI is InChI=1S/C11H17NO6S.C10H15NO4.CH4/c1-3-16-11(13)12-7-4-6(18-19(2,14)15)5-8(12)10-9(7)17-10;1-2-14-10(13)11-6-3-5(12)4-7(11)9-8(6)15-9;/h6-10H,3-5H2,1-2H3;5-9,12H,2-4H2,1H3;1H4/t6?,7?,8?,9-,10+;5?,6?,7?,8-,9+;. The largest absolute Gasteiger partial charge is 0.450 e. The van der Waals surface area contributed by atoms with Gasteiger partial charge >= 0.3 is 12.2 Å². The third-order valence-electron chi connectivity index (χ3n) is 7.37. The van der Waals surface area contributed by atoms with Crippen molar-refractivity contribution in [3.05, 3.63) is 0 Å². The topological polar surface area (TPSA) is 148 Å². The van der Waals surface area contributed by atoms with Crippen LogP contribution in [0.5, 0.6) is 0 Å². The zero-order chi connectivity index (χ0) is 24.4. The van der Waals surface area contributed by atoms with Gasteiger partial charge in [-0.2, -0.15) is 8.42 Å². The minimum absolute atomic E-state index is 0. The van der Waals surface area contributed by atoms with Crippen LogP contribution in [0, 0.1) is 0 Å². The number of amides is 2. The fourth-order valence-electron chi connectivity index (χ4n) is 6.18. The Bertz CT molecular complexity index is 895. The molecule has 6 heterocycles. The quantitative estimate of drug-likeness (QED) is 0.418. The van der Waals surface area contributed by atoms with Crippen LogP contribution in [0.15, 0.2) is 0 Å². The van der Waals surface area contributed by atoms with Crippen molar-refractivity contribution in [3.8, 4) is 0 Å². The van der Waals surface area contributed by atoms with Crippen molar-refractivity contribution in [2.24, 2.45) is 0 Å². The predicted octanol–water partition coefficient (Wildman–Crippen LogP) is 0.856. The third kappa shape index (κ3) is 4.97. The predicted molar refractivity (Wildman–Crippen MR) is 121 cm³/mol. The molecule has 0 saturated carbocycles. The van der Waals surface area contributed by atoms with Crippen LogP contribution < -0.4 is 0 Å². The van der Waals surface area contributed by atoms with E-state index in [1.54, 1.807) is 23.6 Å². The van der Waals surface area contributed by atoms with Gasteiger partial charge in [-0.05, 0) is 39.5 Å². The molecule has 12 nitrogen and oxygen atoms in total. The van der Waals surface area contributed by atoms with Crippen LogP contribution in [-0.2, 0) is 33.2 Å². The van der Waals surface area contributed by atoms with Crippen LogP contribution in [0.2, 0.25) is 0 Å². The van der Waals surface area contributed by atoms with E-state index in [0.717, 1.165) is 6.26 Å². The molecule has 0 aromatic rings. The van der Waals surface area contributed by atoms with Crippen molar-refractivity contribution in [2.75, 3.05) is 19.5 Å². The van der Waals surface area contributed by atoms with Gasteiger partial charge in [0.2, 0.25) is 0 Å². The van der Waals surface area contributed by atoms with Gasteiger partial charge in [-0.25, -0.2) is 9.59 Å². The van der Waals surface area contributed by atoms with Gasteiger partial charge in [0.15, 0.2) is 0 Å². The highest BCUT2D eigenvalue weighted by Crippen LogP contribution is 2.50. The van der Waals surface area contributed by atoms with Gasteiger partial charge < -0.3 is 24.1 Å². The van der Waals surface area contributed by atoms with E-state index in [9.17, 15) is 23.1 Å². The van der Waals surface area contributed by atoms with Crippen molar-refractivity contribution < 1.29 is 46.2 Å². The Balaban J connectivity index is 0.000000164. The lowest BCUT2D eigenvalue weighted by Gasteiger charge is -2.39. The Kier molecular flexibility index (Phi) is 7.28. The van der Waals surface area contributed by atoms with Gasteiger partial charge in [-0.3, -0.25) is 14.0 Å². The highest BCUT2D eigenvalue weighted by molar-refractivity contribution is 7.86. The molecule has 0 spiro atoms. The van der Waals surface area contributed by atoms with E-state index in [1.165, 1.54) is 0 Å². The third-order valence-corrected chi connectivity index (χ3v) is 7.99. The zero-order valence-corrected chi connectivity index (χ0v) is 20.3. The molecular formula is C22H36N2O10S. The maximum Gasteiger partial charge on any atom is 0.410 e. The second-order valence-corrected chi connectivity index (χ2v) is 11.2. The normalized spacial score (nSPS) is 41.5. The molecular weight excluding hydrogens is 484 g/mol. The van der Waals surface area contributed by atoms with Crippen molar-refractivity contribution in [1.82, 2.24) is 9.80 Å². The summed E-state index contributed by atoms with van der Waals surface area (Å²) >= 11 is 0. The van der Waals surface area contributed by atoms with Gasteiger partial charge in [0, 0.05) is 0 Å². The number of nitrogens with zero attached hydrogens (tertiary/aromatic N) is 2. The summed E-state index contributed by atoms with van der Waals surface area (Å²) in [5.41, 5.74) is 0. The molecule has 10 atom stereocenters. The average Bonchev–Trinajstić information content (AvgIpc) is 3.64. The number of aliphatic hydroxyl groups excluding tert-OH is 1. The molecule has 6 aliphatic rings. The fraction of sp³-hybridized carbons (Fsp3) is 0.909. The fourth-order valence-corrected chi connectivity index (χ4v) is 6.83. The molecule has 2 amide bonds. The molecule has 6 rings (SSSR count). The van der Waals surface area contributed by atoms with E-state index in [2.05, 4.69) is 0 Å². The summed E-state index contributed by atoms with van der Waals surface area (Å²) in [5.74, 6) is 0. The molecule has 6 saturated heterocycles. The SMILES string of the molecule is C.CCOC(=O)N1C2CC(O)CC1[C@@H]1O[C@H]21.CCOC(=O)N1C2CC(OS(C)(=O)=O)CC1[C@@H]1O[C@H]21. The van der Waals surface area contributed by atoms with E-state index in [4.69, 9.17) is 23.1 Å². The lowest BCUT2D eigenvalue weighted by molar-refractivity contribution is -0.0123. The maximum absolute atomic E-state index is 11.9. The molecule has 0 aromatic heterocycles. The van der Waals surface area contributed by atoms with Crippen LogP contribution in [-0.4, -0.2) is 116 Å². The lowest BCUT2D eigenvalue weighted by atomic mass is 9.99. The molecule has 6 unspecified atom stereocenters. The summed E-state index contributed by atoms with van der Waals surface area (Å²) in [5, 5.41) is 9.62. The molecule has 0 radical (unpaired) electrons. The number of aliphatic hydroxyl groups is 1. The van der Waals surface area contributed by atoms with Crippen molar-refractivity contribution in [1.29, 1.82) is 0 Å². The molecule has 4 bridgehead atoms. The van der Waals surface area contributed by atoms with Crippen LogP contribution in [0.3, 0.4) is 0 Å². The highest BCUT2D eigenvalue weighted by Gasteiger charge is 2.66. The molecule has 13 heteroatoms. The van der Waals surface area contributed by atoms with Gasteiger partial charge in [-0.15, -0.1) is 0 Å². The number of carbonyl (C=O) groups is 2. The number of hydrogen-bond acceptors (Lipinski definition) is 10. The lowest BCUT2D eigenvalue weighted by Crippen LogP contribution is -2.52. The first-order chi connectivity index (χ1) is 16.1. The second-order valence-electron chi connectivity index (χ2n) is 9.63. The zero-order valence-electron chi connectivity index (χ0n) is 19.4. The van der Waals surface area contributed by atoms with E-state index >= 15 is 0 Å². The molecule has 200 valence electrons. The van der Waals surface area contributed by atoms with E-state index < -0.39 is 10.1 Å². The summed E-state index contributed by atoms with van der Waals surface area (Å²) in [6.07, 6.45) is 2.32. The van der Waals surface area contributed by atoms with Gasteiger partial charge in [-0.1, -0.05) is 7.43 Å². The number of hydrogen-bond donors (Lipinski definition) is 1. The summed E-state index contributed by atoms with van der Waals surface area (Å²) < 4.78 is 48.4. The minimum atomic E-state index is -3.47. The van der Waals surface area contributed by atoms with Gasteiger partial charge in [0.25, 0.3) is 10.1 Å². The van der Waals surface area contributed by atoms with E-state index in [-0.39, 0.29) is 80.4 Å². The van der Waals surface area contributed by atoms with Gasteiger partial charge in [0.1, 0.15) is 24.4 Å². The van der Waals surface area contributed by atoms with E-state index in [0.29, 0.717) is 38.9 Å². The molecule has 6 aliphatic heterocycles. The number of rotatable bonds is 4. The van der Waals surface area contributed by atoms with Crippen LogP contribution in [0.1, 0.15) is 47.0 Å². The smallest absolute Gasteiger partial charge is 0.410 e. The van der Waals surface area contributed by atoms with Crippen LogP contribution in [0.25, 0.3) is 0 Å². The summed E-state index contributed by atoms with van der Waals surface area (Å²) in [6, 6.07) is -0.199. The monoisotopic (exact) mass is 520 g/mol. The maximum atomic E-state index is 11.9. The van der Waals surface area contributed by atoms with Crippen LogP contribution in [0.4, 0.5) is 9.59 Å². The first kappa shape index (κ1) is 26.4. The Morgan fingerprint density at radius 2 is 1.20 bits per heavy atom. The molecule has 0 aliphatic carbocycles. The Morgan fingerprint density at radius 3 is 1.54 bits per heavy atom. The molecule has 6 fully saturated rings. The minimum Gasteiger partial charge on any atom is -0.450 e. The van der Waals surface area contributed by atoms with Crippen LogP contribution >= 0.6 is 0 Å². The van der Waals surface area contributed by atoms with Crippen molar-refractivity contribution >= 4 is 22.3 Å². The number of piperidine rings is 2. The molecule has 35 heavy (non-hydrogen) atoms. The number of morpholine rings is 2. The Morgan fingerprint density at radius 1 is 0.829 bits per heavy atom. The number of epoxide rings is 2. The molecule has 1 N–H and O–H groups in total. The Hall–Kier alpha value is -1.67. The summed E-state index contributed by atoms with van der Waals surface area (Å²) in [6.45, 7) is 4.29. The van der Waals surface area contributed by atoms with Crippen molar-refractivity contribution in [2.45, 2.75) is 108 Å². The van der Waals surface area contributed by atoms with Crippen molar-refractivity contribution in [3.63, 3.8) is 0 Å². The number of fused-ring (bicyclic) bond motifs is 10. The number of carbonyl (C=O) groups excluding carboxylic acids is 2. The Labute approximate surface area is 205 Å². The first-order valence-electron chi connectivity index (χ1n) is 11.9.